The Labute approximate surface area is 292 Å². The molecule has 0 unspecified atom stereocenters. The van der Waals surface area contributed by atoms with Gasteiger partial charge in [0, 0.05) is 5.70 Å². The molecule has 6 rings (SSSR count). The van der Waals surface area contributed by atoms with Crippen LogP contribution in [0.3, 0.4) is 0 Å². The van der Waals surface area contributed by atoms with Crippen molar-refractivity contribution in [2.75, 3.05) is 6.61 Å². The van der Waals surface area contributed by atoms with E-state index in [9.17, 15) is 14.7 Å². The molecule has 2 amide bonds. The number of rotatable bonds is 15. The van der Waals surface area contributed by atoms with Crippen molar-refractivity contribution in [1.29, 1.82) is 0 Å². The Kier molecular flexibility index (Phi) is 12.0. The maximum atomic E-state index is 12.9. The maximum absolute atomic E-state index is 12.9. The van der Waals surface area contributed by atoms with E-state index in [-0.39, 0.29) is 37.7 Å². The lowest BCUT2D eigenvalue weighted by atomic mass is 9.86. The zero-order valence-corrected chi connectivity index (χ0v) is 27.9. The van der Waals surface area contributed by atoms with Crippen molar-refractivity contribution >= 4 is 12.0 Å². The molecule has 0 radical (unpaired) electrons. The lowest BCUT2D eigenvalue weighted by Gasteiger charge is -2.49. The fourth-order valence-electron chi connectivity index (χ4n) is 6.35. The molecule has 2 aliphatic rings. The summed E-state index contributed by atoms with van der Waals surface area (Å²) in [5, 5.41) is 15.8. The average Bonchev–Trinajstić information content (AvgIpc) is 3.13. The third-order valence-corrected chi connectivity index (χ3v) is 8.78. The number of carbonyl (C=O) groups excluding carboxylic acids is 1. The topological polar surface area (TPSA) is 125 Å². The first-order valence-electron chi connectivity index (χ1n) is 16.7. The lowest BCUT2D eigenvalue weighted by Crippen LogP contribution is -2.68. The van der Waals surface area contributed by atoms with Crippen molar-refractivity contribution in [3.05, 3.63) is 155 Å². The second-order valence-electron chi connectivity index (χ2n) is 12.3. The molecule has 0 saturated carbocycles. The van der Waals surface area contributed by atoms with Crippen LogP contribution in [-0.4, -0.2) is 60.3 Å². The molecule has 1 saturated heterocycles. The molecule has 2 aliphatic heterocycles. The van der Waals surface area contributed by atoms with Crippen LogP contribution in [0.15, 0.2) is 133 Å². The van der Waals surface area contributed by atoms with E-state index in [1.54, 1.807) is 6.92 Å². The Bertz CT molecular complexity index is 1700. The number of carboxylic acid groups (broad SMARTS) is 1. The third-order valence-electron chi connectivity index (χ3n) is 8.78. The summed E-state index contributed by atoms with van der Waals surface area (Å²) in [7, 11) is 0. The van der Waals surface area contributed by atoms with Gasteiger partial charge in [-0.1, -0.05) is 121 Å². The highest BCUT2D eigenvalue weighted by Gasteiger charge is 2.53. The molecule has 260 valence electrons. The Balaban J connectivity index is 1.39. The first-order valence-corrected chi connectivity index (χ1v) is 16.7. The van der Waals surface area contributed by atoms with Crippen LogP contribution in [0.1, 0.15) is 29.2 Å². The lowest BCUT2D eigenvalue weighted by molar-refractivity contribution is -0.275. The molecule has 4 aromatic rings. The number of allylic oxidation sites excluding steroid dienone is 1. The summed E-state index contributed by atoms with van der Waals surface area (Å²) in [5.41, 5.74) is 3.98. The Morgan fingerprint density at radius 1 is 0.660 bits per heavy atom. The molecule has 0 spiro atoms. The molecule has 1 fully saturated rings. The molecule has 3 N–H and O–H groups in total. The highest BCUT2D eigenvalue weighted by Crippen LogP contribution is 2.35. The Hall–Kier alpha value is -4.84. The van der Waals surface area contributed by atoms with E-state index in [1.807, 2.05) is 121 Å². The molecule has 50 heavy (non-hydrogen) atoms. The predicted molar refractivity (Wildman–Crippen MR) is 186 cm³/mol. The van der Waals surface area contributed by atoms with E-state index in [0.29, 0.717) is 6.61 Å². The SMILES string of the molecule is CC1=C(C(=O)O)[C@H]([C@@H]2O[C@H](COCc3ccccc3)[C@H](OCc3ccccc3)[C@H](OCc3ccccc3)[C@H]2OCc2ccccc2)NC(=O)N1. The molecule has 0 aromatic heterocycles. The molecular formula is C40H42N2O8. The van der Waals surface area contributed by atoms with E-state index >= 15 is 0 Å². The van der Waals surface area contributed by atoms with Gasteiger partial charge in [-0.3, -0.25) is 0 Å². The number of amides is 2. The number of nitrogens with one attached hydrogen (secondary N) is 2. The van der Waals surface area contributed by atoms with Crippen molar-refractivity contribution < 1.29 is 38.4 Å². The Morgan fingerprint density at radius 2 is 1.10 bits per heavy atom. The van der Waals surface area contributed by atoms with E-state index in [2.05, 4.69) is 10.6 Å². The average molecular weight is 679 g/mol. The van der Waals surface area contributed by atoms with Gasteiger partial charge in [0.2, 0.25) is 0 Å². The number of carboxylic acids is 1. The number of benzene rings is 4. The van der Waals surface area contributed by atoms with Crippen LogP contribution >= 0.6 is 0 Å². The first-order chi connectivity index (χ1) is 24.5. The van der Waals surface area contributed by atoms with Gasteiger partial charge in [-0.25, -0.2) is 9.59 Å². The minimum absolute atomic E-state index is 0.0303. The molecule has 6 atom stereocenters. The number of carbonyl (C=O) groups is 2. The van der Waals surface area contributed by atoms with Crippen LogP contribution in [-0.2, 0) is 54.9 Å². The molecule has 0 aliphatic carbocycles. The van der Waals surface area contributed by atoms with E-state index in [1.165, 1.54) is 0 Å². The largest absolute Gasteiger partial charge is 0.478 e. The zero-order chi connectivity index (χ0) is 34.7. The number of aliphatic carboxylic acids is 1. The molecule has 0 bridgehead atoms. The monoisotopic (exact) mass is 678 g/mol. The van der Waals surface area contributed by atoms with Crippen molar-refractivity contribution in [2.45, 2.75) is 69.9 Å². The summed E-state index contributed by atoms with van der Waals surface area (Å²) >= 11 is 0. The van der Waals surface area contributed by atoms with Crippen LogP contribution in [0.2, 0.25) is 0 Å². The fraction of sp³-hybridized carbons (Fsp3) is 0.300. The van der Waals surface area contributed by atoms with Crippen LogP contribution in [0.5, 0.6) is 0 Å². The second kappa shape index (κ2) is 17.2. The van der Waals surface area contributed by atoms with E-state index in [4.69, 9.17) is 23.7 Å². The standard InChI is InChI=1S/C40H42N2O8/c1-27-33(39(43)44)34(42-40(45)41-27)36-38(49-25-31-20-12-5-13-21-31)37(48-24-30-18-10-4-11-19-30)35(47-23-29-16-8-3-9-17-29)32(50-36)26-46-22-28-14-6-2-7-15-28/h2-21,32,34-38H,22-26H2,1H3,(H,43,44)(H2,41,42,45)/t32-,34-,35+,36+,37+,38+/m1/s1. The Morgan fingerprint density at radius 3 is 1.58 bits per heavy atom. The zero-order valence-electron chi connectivity index (χ0n) is 27.9. The van der Waals surface area contributed by atoms with Gasteiger partial charge in [-0.05, 0) is 29.2 Å². The van der Waals surface area contributed by atoms with Gasteiger partial charge in [0.15, 0.2) is 0 Å². The summed E-state index contributed by atoms with van der Waals surface area (Å²) < 4.78 is 33.2. The highest BCUT2D eigenvalue weighted by molar-refractivity contribution is 5.93. The molecule has 10 nitrogen and oxygen atoms in total. The number of ether oxygens (including phenoxy) is 5. The van der Waals surface area contributed by atoms with Crippen molar-refractivity contribution in [2.24, 2.45) is 0 Å². The third kappa shape index (κ3) is 9.03. The second-order valence-corrected chi connectivity index (χ2v) is 12.3. The van der Waals surface area contributed by atoms with Gasteiger partial charge in [-0.2, -0.15) is 0 Å². The van der Waals surface area contributed by atoms with Crippen LogP contribution in [0.4, 0.5) is 4.79 Å². The van der Waals surface area contributed by atoms with Crippen LogP contribution < -0.4 is 10.6 Å². The van der Waals surface area contributed by atoms with Gasteiger partial charge < -0.3 is 39.4 Å². The summed E-state index contributed by atoms with van der Waals surface area (Å²) in [6.07, 6.45) is -4.08. The number of hydrogen-bond donors (Lipinski definition) is 3. The van der Waals surface area contributed by atoms with Gasteiger partial charge in [0.05, 0.1) is 44.6 Å². The van der Waals surface area contributed by atoms with Gasteiger partial charge >= 0.3 is 12.0 Å². The van der Waals surface area contributed by atoms with E-state index < -0.39 is 48.6 Å². The van der Waals surface area contributed by atoms with Crippen molar-refractivity contribution in [3.63, 3.8) is 0 Å². The van der Waals surface area contributed by atoms with Crippen LogP contribution in [0.25, 0.3) is 0 Å². The van der Waals surface area contributed by atoms with Crippen molar-refractivity contribution in [3.8, 4) is 0 Å². The summed E-state index contributed by atoms with van der Waals surface area (Å²) in [6, 6.07) is 37.4. The predicted octanol–water partition coefficient (Wildman–Crippen LogP) is 5.77. The van der Waals surface area contributed by atoms with Gasteiger partial charge in [0.25, 0.3) is 0 Å². The van der Waals surface area contributed by atoms with Gasteiger partial charge in [-0.15, -0.1) is 0 Å². The quantitative estimate of drug-likeness (QED) is 0.145. The summed E-state index contributed by atoms with van der Waals surface area (Å²) in [4.78, 5) is 25.6. The normalized spacial score (nSPS) is 23.6. The van der Waals surface area contributed by atoms with Crippen molar-refractivity contribution in [1.82, 2.24) is 10.6 Å². The van der Waals surface area contributed by atoms with Crippen LogP contribution in [0, 0.1) is 0 Å². The molecule has 4 aromatic carbocycles. The molecular weight excluding hydrogens is 636 g/mol. The molecule has 10 heteroatoms. The molecule has 2 heterocycles. The van der Waals surface area contributed by atoms with E-state index in [0.717, 1.165) is 22.3 Å². The maximum Gasteiger partial charge on any atom is 0.335 e. The number of urea groups is 1. The smallest absolute Gasteiger partial charge is 0.335 e. The van der Waals surface area contributed by atoms with Gasteiger partial charge in [0.1, 0.15) is 30.5 Å². The minimum atomic E-state index is -1.19. The highest BCUT2D eigenvalue weighted by atomic mass is 16.6. The summed E-state index contributed by atoms with van der Waals surface area (Å²) in [5.74, 6) is -1.19. The first kappa shape index (κ1) is 35.0. The number of hydrogen-bond acceptors (Lipinski definition) is 7. The summed E-state index contributed by atoms with van der Waals surface area (Å²) in [6.45, 7) is 2.66. The fourth-order valence-corrected chi connectivity index (χ4v) is 6.35. The minimum Gasteiger partial charge on any atom is -0.478 e.